The molecular weight excluding hydrogens is 472 g/mol. The van der Waals surface area contributed by atoms with Crippen LogP contribution in [0, 0.1) is 0 Å². The highest BCUT2D eigenvalue weighted by molar-refractivity contribution is 4.99. The van der Waals surface area contributed by atoms with E-state index in [1.807, 2.05) is 0 Å². The number of hydrogen-bond acceptors (Lipinski definition) is 16. The lowest BCUT2D eigenvalue weighted by Crippen LogP contribution is -2.61. The standard InChI is InChI=1S/C18H32O16/c19-1-5-8(22)10(24)12(26)16(31-5)30-4-18(29)15(28)14(7(3-21)34-18)33-17-13(27)11(25)9(23)6(2-20)32-17/h5-17,19-29H,1-4H2/t5-,6-,7-,8+,9-,10+,11+,12-,13-,14-,15+,16-,17-,18-/m1/s1. The lowest BCUT2D eigenvalue weighted by molar-refractivity contribution is -0.333. The molecule has 3 aliphatic rings. The van der Waals surface area contributed by atoms with Crippen LogP contribution in [0.15, 0.2) is 0 Å². The van der Waals surface area contributed by atoms with Gasteiger partial charge in [-0.2, -0.15) is 0 Å². The summed E-state index contributed by atoms with van der Waals surface area (Å²) in [6.07, 6.45) is -21.4. The molecule has 0 aliphatic carbocycles. The van der Waals surface area contributed by atoms with Crippen LogP contribution in [-0.2, 0) is 23.7 Å². The van der Waals surface area contributed by atoms with Gasteiger partial charge in [0.2, 0.25) is 5.79 Å². The molecule has 3 aliphatic heterocycles. The summed E-state index contributed by atoms with van der Waals surface area (Å²) in [5.41, 5.74) is 0. The molecule has 34 heavy (non-hydrogen) atoms. The molecule has 3 rings (SSSR count). The Hall–Kier alpha value is -0.640. The van der Waals surface area contributed by atoms with Gasteiger partial charge in [0, 0.05) is 0 Å². The first-order chi connectivity index (χ1) is 16.0. The second-order valence-corrected chi connectivity index (χ2v) is 8.43. The lowest BCUT2D eigenvalue weighted by atomic mass is 9.98. The molecule has 200 valence electrons. The highest BCUT2D eigenvalue weighted by Gasteiger charge is 2.57. The average molecular weight is 504 g/mol. The smallest absolute Gasteiger partial charge is 0.219 e. The van der Waals surface area contributed by atoms with Gasteiger partial charge in [0.15, 0.2) is 12.6 Å². The van der Waals surface area contributed by atoms with Crippen LogP contribution < -0.4 is 0 Å². The summed E-state index contributed by atoms with van der Waals surface area (Å²) >= 11 is 0. The Labute approximate surface area is 192 Å². The van der Waals surface area contributed by atoms with Crippen molar-refractivity contribution in [1.82, 2.24) is 0 Å². The molecule has 16 heteroatoms. The van der Waals surface area contributed by atoms with E-state index in [0.717, 1.165) is 0 Å². The Kier molecular flexibility index (Phi) is 9.18. The van der Waals surface area contributed by atoms with E-state index in [2.05, 4.69) is 0 Å². The summed E-state index contributed by atoms with van der Waals surface area (Å²) in [5, 5.41) is 109. The molecule has 0 aromatic carbocycles. The second-order valence-electron chi connectivity index (χ2n) is 8.43. The zero-order valence-corrected chi connectivity index (χ0v) is 17.8. The fourth-order valence-electron chi connectivity index (χ4n) is 4.02. The van der Waals surface area contributed by atoms with Crippen LogP contribution in [-0.4, -0.2) is 168 Å². The normalized spacial score (nSPS) is 52.1. The van der Waals surface area contributed by atoms with Gasteiger partial charge >= 0.3 is 0 Å². The van der Waals surface area contributed by atoms with E-state index in [0.29, 0.717) is 0 Å². The molecule has 0 saturated carbocycles. The number of aliphatic hydroxyl groups is 11. The van der Waals surface area contributed by atoms with Crippen LogP contribution in [0.1, 0.15) is 0 Å². The predicted octanol–water partition coefficient (Wildman–Crippen LogP) is -7.57. The molecule has 0 aromatic rings. The Morgan fingerprint density at radius 1 is 0.618 bits per heavy atom. The molecule has 0 radical (unpaired) electrons. The van der Waals surface area contributed by atoms with E-state index in [-0.39, 0.29) is 0 Å². The molecular formula is C18H32O16. The minimum absolute atomic E-state index is 0.726. The fourth-order valence-corrected chi connectivity index (χ4v) is 4.02. The molecule has 0 spiro atoms. The van der Waals surface area contributed by atoms with Crippen molar-refractivity contribution in [2.24, 2.45) is 0 Å². The summed E-state index contributed by atoms with van der Waals surface area (Å²) in [6.45, 7) is -3.19. The van der Waals surface area contributed by atoms with E-state index in [4.69, 9.17) is 23.7 Å². The van der Waals surface area contributed by atoms with Crippen LogP contribution >= 0.6 is 0 Å². The maximum absolute atomic E-state index is 10.8. The molecule has 0 bridgehead atoms. The van der Waals surface area contributed by atoms with E-state index in [1.165, 1.54) is 0 Å². The van der Waals surface area contributed by atoms with Crippen molar-refractivity contribution in [3.05, 3.63) is 0 Å². The fraction of sp³-hybridized carbons (Fsp3) is 1.00. The zero-order valence-electron chi connectivity index (χ0n) is 17.8. The SMILES string of the molecule is OC[C@H]1O[C@@H](OC[C@@]2(O)O[C@H](CO)[C@@H](O[C@H]3O[C@H](CO)[C@@H](O)[C@H](O)[C@H]3O)[C@@H]2O)[C@H](O)[C@@H](O)[C@H]1O. The maximum atomic E-state index is 10.8. The molecule has 0 amide bonds. The molecule has 3 fully saturated rings. The monoisotopic (exact) mass is 504 g/mol. The summed E-state index contributed by atoms with van der Waals surface area (Å²) in [5.74, 6) is -2.58. The predicted molar refractivity (Wildman–Crippen MR) is 101 cm³/mol. The van der Waals surface area contributed by atoms with Crippen molar-refractivity contribution >= 4 is 0 Å². The van der Waals surface area contributed by atoms with E-state index in [1.54, 1.807) is 0 Å². The molecule has 3 heterocycles. The van der Waals surface area contributed by atoms with Gasteiger partial charge in [-0.3, -0.25) is 0 Å². The van der Waals surface area contributed by atoms with Gasteiger partial charge < -0.3 is 79.9 Å². The Morgan fingerprint density at radius 3 is 1.59 bits per heavy atom. The van der Waals surface area contributed by atoms with E-state index in [9.17, 15) is 56.2 Å². The minimum atomic E-state index is -2.58. The Bertz CT molecular complexity index is 651. The van der Waals surface area contributed by atoms with Gasteiger partial charge in [-0.05, 0) is 0 Å². The molecule has 0 unspecified atom stereocenters. The third-order valence-electron chi connectivity index (χ3n) is 6.12. The molecule has 3 saturated heterocycles. The Balaban J connectivity index is 1.67. The molecule has 11 N–H and O–H groups in total. The van der Waals surface area contributed by atoms with Crippen molar-refractivity contribution < 1.29 is 79.9 Å². The Morgan fingerprint density at radius 2 is 1.09 bits per heavy atom. The lowest BCUT2D eigenvalue weighted by Gasteiger charge is -2.41. The third-order valence-corrected chi connectivity index (χ3v) is 6.12. The van der Waals surface area contributed by atoms with Gasteiger partial charge in [-0.15, -0.1) is 0 Å². The molecule has 16 nitrogen and oxygen atoms in total. The van der Waals surface area contributed by atoms with Crippen LogP contribution in [0.5, 0.6) is 0 Å². The zero-order chi connectivity index (χ0) is 25.4. The quantitative estimate of drug-likeness (QED) is 0.146. The first-order valence-electron chi connectivity index (χ1n) is 10.6. The summed E-state index contributed by atoms with van der Waals surface area (Å²) in [7, 11) is 0. The van der Waals surface area contributed by atoms with Crippen molar-refractivity contribution in [2.45, 2.75) is 85.5 Å². The van der Waals surface area contributed by atoms with Crippen molar-refractivity contribution in [2.75, 3.05) is 26.4 Å². The highest BCUT2D eigenvalue weighted by atomic mass is 16.8. The minimum Gasteiger partial charge on any atom is -0.394 e. The van der Waals surface area contributed by atoms with Crippen molar-refractivity contribution in [3.8, 4) is 0 Å². The maximum Gasteiger partial charge on any atom is 0.219 e. The average Bonchev–Trinajstić information content (AvgIpc) is 3.07. The van der Waals surface area contributed by atoms with Crippen LogP contribution in [0.25, 0.3) is 0 Å². The summed E-state index contributed by atoms with van der Waals surface area (Å²) in [6, 6.07) is 0. The number of ether oxygens (including phenoxy) is 5. The van der Waals surface area contributed by atoms with E-state index >= 15 is 0 Å². The summed E-state index contributed by atoms with van der Waals surface area (Å²) in [4.78, 5) is 0. The number of aliphatic hydroxyl groups excluding tert-OH is 10. The van der Waals surface area contributed by atoms with Crippen LogP contribution in [0.4, 0.5) is 0 Å². The first kappa shape index (κ1) is 27.9. The van der Waals surface area contributed by atoms with Gasteiger partial charge in [-0.1, -0.05) is 0 Å². The van der Waals surface area contributed by atoms with Gasteiger partial charge in [0.1, 0.15) is 73.8 Å². The van der Waals surface area contributed by atoms with E-state index < -0.39 is 112 Å². The third kappa shape index (κ3) is 5.23. The van der Waals surface area contributed by atoms with Gasteiger partial charge in [0.05, 0.1) is 19.8 Å². The number of hydrogen-bond donors (Lipinski definition) is 11. The first-order valence-corrected chi connectivity index (χ1v) is 10.6. The largest absolute Gasteiger partial charge is 0.394 e. The molecule has 14 atom stereocenters. The van der Waals surface area contributed by atoms with Crippen LogP contribution in [0.2, 0.25) is 0 Å². The van der Waals surface area contributed by atoms with Gasteiger partial charge in [0.25, 0.3) is 0 Å². The molecule has 0 aromatic heterocycles. The van der Waals surface area contributed by atoms with Gasteiger partial charge in [-0.25, -0.2) is 0 Å². The van der Waals surface area contributed by atoms with Crippen molar-refractivity contribution in [3.63, 3.8) is 0 Å². The highest BCUT2D eigenvalue weighted by Crippen LogP contribution is 2.35. The topological polar surface area (TPSA) is 269 Å². The summed E-state index contributed by atoms with van der Waals surface area (Å²) < 4.78 is 26.2. The van der Waals surface area contributed by atoms with Crippen molar-refractivity contribution in [1.29, 1.82) is 0 Å². The van der Waals surface area contributed by atoms with Crippen LogP contribution in [0.3, 0.4) is 0 Å². The number of rotatable bonds is 8. The second kappa shape index (κ2) is 11.2.